The van der Waals surface area contributed by atoms with E-state index in [-0.39, 0.29) is 26.9 Å². The molecule has 1 unspecified atom stereocenters. The Hall–Kier alpha value is -0.200. The van der Waals surface area contributed by atoms with Crippen LogP contribution in [0.25, 0.3) is 0 Å². The first-order valence-corrected chi connectivity index (χ1v) is 7.99. The Labute approximate surface area is 123 Å². The average Bonchev–Trinajstić information content (AvgIpc) is 2.21. The van der Waals surface area contributed by atoms with Crippen molar-refractivity contribution in [2.24, 2.45) is 5.73 Å². The van der Waals surface area contributed by atoms with Crippen molar-refractivity contribution >= 4 is 60.4 Å². The zero-order valence-corrected chi connectivity index (χ0v) is 12.5. The maximum atomic E-state index is 11.4. The molecule has 9 heteroatoms. The van der Waals surface area contributed by atoms with Gasteiger partial charge in [0.05, 0.1) is 14.9 Å². The van der Waals surface area contributed by atoms with Gasteiger partial charge >= 0.3 is 0 Å². The number of benzene rings is 1. The van der Waals surface area contributed by atoms with Crippen molar-refractivity contribution in [2.45, 2.75) is 16.7 Å². The third-order valence-corrected chi connectivity index (χ3v) is 4.57. The summed E-state index contributed by atoms with van der Waals surface area (Å²) in [7, 11) is 1.24. The van der Waals surface area contributed by atoms with E-state index in [1.165, 1.54) is 6.07 Å². The molecule has 1 atom stereocenters. The molecule has 1 aromatic carbocycles. The van der Waals surface area contributed by atoms with Crippen LogP contribution in [0.5, 0.6) is 0 Å². The van der Waals surface area contributed by atoms with Crippen LogP contribution in [0.4, 0.5) is 0 Å². The van der Waals surface area contributed by atoms with E-state index in [0.29, 0.717) is 0 Å². The van der Waals surface area contributed by atoms with Crippen LogP contribution < -0.4 is 5.73 Å². The quantitative estimate of drug-likeness (QED) is 0.669. The maximum Gasteiger partial charge on any atom is 0.261 e. The van der Waals surface area contributed by atoms with Crippen molar-refractivity contribution in [1.29, 1.82) is 0 Å². The Morgan fingerprint density at radius 1 is 1.28 bits per heavy atom. The topological polar surface area (TPSA) is 77.2 Å². The van der Waals surface area contributed by atoms with E-state index in [1.54, 1.807) is 0 Å². The highest BCUT2D eigenvalue weighted by Crippen LogP contribution is 2.31. The van der Waals surface area contributed by atoms with E-state index in [4.69, 9.17) is 51.2 Å². The van der Waals surface area contributed by atoms with Gasteiger partial charge in [-0.1, -0.05) is 23.2 Å². The first kappa shape index (κ1) is 15.9. The third kappa shape index (κ3) is 3.90. The van der Waals surface area contributed by atoms with Gasteiger partial charge in [-0.2, -0.15) is 0 Å². The Morgan fingerprint density at radius 3 is 2.22 bits per heavy atom. The minimum absolute atomic E-state index is 0.0323. The molecular formula is C9H7Cl4NO3S. The molecule has 4 nitrogen and oxygen atoms in total. The molecule has 0 aliphatic carbocycles. The van der Waals surface area contributed by atoms with Crippen molar-refractivity contribution < 1.29 is 13.2 Å². The second-order valence-electron chi connectivity index (χ2n) is 3.39. The van der Waals surface area contributed by atoms with Crippen LogP contribution in [0.2, 0.25) is 10.0 Å². The predicted octanol–water partition coefficient (Wildman–Crippen LogP) is 2.56. The van der Waals surface area contributed by atoms with Gasteiger partial charge in [0.1, 0.15) is 5.38 Å². The Morgan fingerprint density at radius 2 is 1.78 bits per heavy atom. The summed E-state index contributed by atoms with van der Waals surface area (Å²) in [5.74, 6) is -0.777. The van der Waals surface area contributed by atoms with E-state index >= 15 is 0 Å². The first-order chi connectivity index (χ1) is 8.12. The molecule has 18 heavy (non-hydrogen) atoms. The smallest absolute Gasteiger partial charge is 0.261 e. The number of amides is 1. The normalized spacial score (nSPS) is 13.3. The van der Waals surface area contributed by atoms with Gasteiger partial charge in [-0.05, 0) is 24.1 Å². The van der Waals surface area contributed by atoms with Crippen molar-refractivity contribution in [3.05, 3.63) is 27.7 Å². The van der Waals surface area contributed by atoms with E-state index < -0.39 is 20.3 Å². The lowest BCUT2D eigenvalue weighted by atomic mass is 10.1. The molecule has 2 N–H and O–H groups in total. The Kier molecular flexibility index (Phi) is 5.14. The van der Waals surface area contributed by atoms with Crippen LogP contribution in [-0.4, -0.2) is 19.7 Å². The average molecular weight is 351 g/mol. The molecule has 0 radical (unpaired) electrons. The highest BCUT2D eigenvalue weighted by Gasteiger charge is 2.22. The minimum Gasteiger partial charge on any atom is -0.368 e. The van der Waals surface area contributed by atoms with Gasteiger partial charge in [-0.15, -0.1) is 11.6 Å². The van der Waals surface area contributed by atoms with Crippen LogP contribution in [0.15, 0.2) is 17.0 Å². The number of carbonyl (C=O) groups is 1. The molecule has 0 bridgehead atoms. The maximum absolute atomic E-state index is 11.4. The molecule has 0 heterocycles. The zero-order chi connectivity index (χ0) is 14.1. The van der Waals surface area contributed by atoms with Gasteiger partial charge in [-0.25, -0.2) is 8.42 Å². The summed E-state index contributed by atoms with van der Waals surface area (Å²) in [5, 5.41) is -0.909. The van der Waals surface area contributed by atoms with Crippen molar-refractivity contribution in [3.8, 4) is 0 Å². The first-order valence-electron chi connectivity index (χ1n) is 4.49. The number of hydrogen-bond donors (Lipinski definition) is 1. The lowest BCUT2D eigenvalue weighted by molar-refractivity contribution is -0.117. The second-order valence-corrected chi connectivity index (χ2v) is 7.26. The van der Waals surface area contributed by atoms with E-state index in [0.717, 1.165) is 6.07 Å². The number of nitrogens with two attached hydrogens (primary N) is 1. The summed E-state index contributed by atoms with van der Waals surface area (Å²) in [6, 6.07) is 2.39. The highest BCUT2D eigenvalue weighted by molar-refractivity contribution is 8.13. The molecule has 0 fully saturated rings. The molecule has 1 amide bonds. The summed E-state index contributed by atoms with van der Waals surface area (Å²) in [5.41, 5.74) is 5.18. The SMILES string of the molecule is NC(=O)C(Cl)Cc1cc(Cl)c(Cl)cc1S(=O)(=O)Cl. The molecule has 100 valence electrons. The largest absolute Gasteiger partial charge is 0.368 e. The number of alkyl halides is 1. The van der Waals surface area contributed by atoms with Gasteiger partial charge in [0.15, 0.2) is 0 Å². The number of halogens is 4. The molecule has 0 spiro atoms. The number of hydrogen-bond acceptors (Lipinski definition) is 3. The number of primary amides is 1. The fraction of sp³-hybridized carbons (Fsp3) is 0.222. The molecular weight excluding hydrogens is 344 g/mol. The third-order valence-electron chi connectivity index (χ3n) is 2.07. The van der Waals surface area contributed by atoms with Crippen LogP contribution in [0, 0.1) is 0 Å². The zero-order valence-electron chi connectivity index (χ0n) is 8.66. The summed E-state index contributed by atoms with van der Waals surface area (Å²) < 4.78 is 22.7. The monoisotopic (exact) mass is 349 g/mol. The van der Waals surface area contributed by atoms with Gasteiger partial charge in [0, 0.05) is 10.7 Å². The summed E-state index contributed by atoms with van der Waals surface area (Å²) in [4.78, 5) is 10.6. The van der Waals surface area contributed by atoms with Crippen LogP contribution in [-0.2, 0) is 20.3 Å². The fourth-order valence-corrected chi connectivity index (χ4v) is 2.98. The summed E-state index contributed by atoms with van der Waals surface area (Å²) in [6.45, 7) is 0. The fourth-order valence-electron chi connectivity index (χ4n) is 1.25. The summed E-state index contributed by atoms with van der Waals surface area (Å²) in [6.07, 6.45) is -0.116. The van der Waals surface area contributed by atoms with Gasteiger partial charge in [-0.3, -0.25) is 4.79 Å². The van der Waals surface area contributed by atoms with Crippen LogP contribution in [0.3, 0.4) is 0 Å². The van der Waals surface area contributed by atoms with E-state index in [1.807, 2.05) is 0 Å². The van der Waals surface area contributed by atoms with Gasteiger partial charge in [0.25, 0.3) is 9.05 Å². The van der Waals surface area contributed by atoms with Crippen molar-refractivity contribution in [2.75, 3.05) is 0 Å². The van der Waals surface area contributed by atoms with Gasteiger partial charge < -0.3 is 5.73 Å². The lowest BCUT2D eigenvalue weighted by Crippen LogP contribution is -2.26. The Bertz CT molecular complexity index is 588. The molecule has 0 aliphatic rings. The number of carbonyl (C=O) groups excluding carboxylic acids is 1. The molecule has 0 saturated heterocycles. The predicted molar refractivity (Wildman–Crippen MR) is 72.0 cm³/mol. The summed E-state index contributed by atoms with van der Waals surface area (Å²) >= 11 is 17.2. The molecule has 0 saturated carbocycles. The molecule has 0 aromatic heterocycles. The molecule has 1 rings (SSSR count). The molecule has 0 aliphatic heterocycles. The standard InChI is InChI=1S/C9H7Cl4NO3S/c10-5-1-4(2-7(12)9(14)15)8(3-6(5)11)18(13,16)17/h1,3,7H,2H2,(H2,14,15). The Balaban J connectivity index is 3.33. The van der Waals surface area contributed by atoms with Crippen LogP contribution >= 0.6 is 45.5 Å². The van der Waals surface area contributed by atoms with E-state index in [2.05, 4.69) is 0 Å². The van der Waals surface area contributed by atoms with Crippen molar-refractivity contribution in [1.82, 2.24) is 0 Å². The molecule has 1 aromatic rings. The van der Waals surface area contributed by atoms with Gasteiger partial charge in [0.2, 0.25) is 5.91 Å². The minimum atomic E-state index is -4.03. The van der Waals surface area contributed by atoms with Crippen LogP contribution in [0.1, 0.15) is 5.56 Å². The second kappa shape index (κ2) is 5.84. The lowest BCUT2D eigenvalue weighted by Gasteiger charge is -2.10. The van der Waals surface area contributed by atoms with Crippen molar-refractivity contribution in [3.63, 3.8) is 0 Å². The highest BCUT2D eigenvalue weighted by atomic mass is 35.7. The van der Waals surface area contributed by atoms with E-state index in [9.17, 15) is 13.2 Å². The number of rotatable bonds is 4.